The van der Waals surface area contributed by atoms with E-state index in [0.717, 1.165) is 17.1 Å². The summed E-state index contributed by atoms with van der Waals surface area (Å²) in [6.07, 6.45) is -0.444. The van der Waals surface area contributed by atoms with Crippen LogP contribution >= 0.6 is 0 Å². The molecule has 19 heavy (non-hydrogen) atoms. The fraction of sp³-hybridized carbons (Fsp3) is 0.500. The van der Waals surface area contributed by atoms with Gasteiger partial charge in [-0.1, -0.05) is 19.9 Å². The van der Waals surface area contributed by atoms with E-state index in [1.807, 2.05) is 32.0 Å². The average molecular weight is 267 g/mol. The predicted octanol–water partition coefficient (Wildman–Crippen LogP) is 2.34. The topological polar surface area (TPSA) is 56.8 Å². The van der Waals surface area contributed by atoms with Gasteiger partial charge >= 0.3 is 6.09 Å². The Bertz CT molecular complexity index is 443. The van der Waals surface area contributed by atoms with Gasteiger partial charge in [0, 0.05) is 23.6 Å². The zero-order chi connectivity index (χ0) is 14.5. The Kier molecular flexibility index (Phi) is 5.03. The van der Waals surface area contributed by atoms with Crippen LogP contribution in [-0.4, -0.2) is 34.0 Å². The van der Waals surface area contributed by atoms with Gasteiger partial charge < -0.3 is 19.5 Å². The summed E-state index contributed by atoms with van der Waals surface area (Å²) in [4.78, 5) is 11.2. The highest BCUT2D eigenvalue weighted by Gasteiger charge is 2.25. The second-order valence-electron chi connectivity index (χ2n) is 4.80. The van der Waals surface area contributed by atoms with Crippen molar-refractivity contribution in [2.75, 3.05) is 27.9 Å². The number of carbonyl (C=O) groups is 1. The molecule has 0 spiro atoms. The van der Waals surface area contributed by atoms with E-state index in [-0.39, 0.29) is 5.41 Å². The van der Waals surface area contributed by atoms with Gasteiger partial charge in [-0.05, 0) is 6.07 Å². The van der Waals surface area contributed by atoms with Gasteiger partial charge in [0.05, 0.1) is 21.3 Å². The third-order valence-corrected chi connectivity index (χ3v) is 3.00. The van der Waals surface area contributed by atoms with Crippen molar-refractivity contribution >= 4 is 6.09 Å². The molecule has 0 aliphatic carbocycles. The summed E-state index contributed by atoms with van der Waals surface area (Å²) in [5, 5.41) is 2.70. The lowest BCUT2D eigenvalue weighted by Crippen LogP contribution is -2.36. The van der Waals surface area contributed by atoms with Gasteiger partial charge in [-0.3, -0.25) is 0 Å². The van der Waals surface area contributed by atoms with Crippen molar-refractivity contribution in [2.24, 2.45) is 0 Å². The average Bonchev–Trinajstić information content (AvgIpc) is 2.43. The second kappa shape index (κ2) is 6.31. The Morgan fingerprint density at radius 3 is 2.42 bits per heavy atom. The van der Waals surface area contributed by atoms with Crippen LogP contribution in [-0.2, 0) is 10.2 Å². The van der Waals surface area contributed by atoms with E-state index >= 15 is 0 Å². The number of carbonyl (C=O) groups excluding carboxylic acids is 1. The van der Waals surface area contributed by atoms with Crippen LogP contribution in [0.4, 0.5) is 4.79 Å². The van der Waals surface area contributed by atoms with E-state index in [9.17, 15) is 4.79 Å². The number of methoxy groups -OCH3 is 3. The maximum absolute atomic E-state index is 11.2. The molecule has 5 nitrogen and oxygen atoms in total. The van der Waals surface area contributed by atoms with Crippen LogP contribution in [0.3, 0.4) is 0 Å². The number of alkyl carbamates (subject to hydrolysis) is 1. The molecule has 0 atom stereocenters. The number of amides is 1. The summed E-state index contributed by atoms with van der Waals surface area (Å²) in [7, 11) is 4.57. The van der Waals surface area contributed by atoms with Crippen molar-refractivity contribution in [3.63, 3.8) is 0 Å². The lowest BCUT2D eigenvalue weighted by atomic mass is 9.84. The Balaban J connectivity index is 2.96. The molecule has 1 N–H and O–H groups in total. The maximum atomic E-state index is 11.2. The lowest BCUT2D eigenvalue weighted by Gasteiger charge is -2.27. The molecule has 1 aromatic rings. The normalized spacial score (nSPS) is 10.8. The van der Waals surface area contributed by atoms with E-state index in [4.69, 9.17) is 9.47 Å². The van der Waals surface area contributed by atoms with Crippen molar-refractivity contribution in [3.05, 3.63) is 23.8 Å². The van der Waals surface area contributed by atoms with Crippen LogP contribution < -0.4 is 14.8 Å². The Morgan fingerprint density at radius 1 is 1.21 bits per heavy atom. The first kappa shape index (κ1) is 15.1. The molecule has 0 aromatic heterocycles. The monoisotopic (exact) mass is 267 g/mol. The van der Waals surface area contributed by atoms with Gasteiger partial charge in [-0.15, -0.1) is 0 Å². The van der Waals surface area contributed by atoms with Gasteiger partial charge in [0.1, 0.15) is 11.5 Å². The van der Waals surface area contributed by atoms with Crippen LogP contribution in [0.25, 0.3) is 0 Å². The van der Waals surface area contributed by atoms with Gasteiger partial charge in [-0.2, -0.15) is 0 Å². The molecule has 1 aromatic carbocycles. The van der Waals surface area contributed by atoms with Crippen molar-refractivity contribution in [2.45, 2.75) is 19.3 Å². The first-order valence-electron chi connectivity index (χ1n) is 5.99. The number of hydrogen-bond acceptors (Lipinski definition) is 4. The summed E-state index contributed by atoms with van der Waals surface area (Å²) in [6.45, 7) is 4.49. The molecule has 5 heteroatoms. The van der Waals surface area contributed by atoms with Crippen LogP contribution in [0.5, 0.6) is 11.5 Å². The molecule has 1 amide bonds. The molecular weight excluding hydrogens is 246 g/mol. The summed E-state index contributed by atoms with van der Waals surface area (Å²) in [6, 6.07) is 5.64. The molecule has 0 aliphatic rings. The van der Waals surface area contributed by atoms with Crippen LogP contribution in [0, 0.1) is 0 Å². The molecule has 0 unspecified atom stereocenters. The molecule has 0 radical (unpaired) electrons. The first-order valence-corrected chi connectivity index (χ1v) is 5.99. The van der Waals surface area contributed by atoms with Crippen LogP contribution in [0.15, 0.2) is 18.2 Å². The van der Waals surface area contributed by atoms with Gasteiger partial charge in [0.25, 0.3) is 0 Å². The first-order chi connectivity index (χ1) is 8.94. The molecule has 0 bridgehead atoms. The molecular formula is C14H21NO4. The third-order valence-electron chi connectivity index (χ3n) is 3.00. The summed E-state index contributed by atoms with van der Waals surface area (Å²) >= 11 is 0. The third kappa shape index (κ3) is 3.77. The number of nitrogens with one attached hydrogen (secondary N) is 1. The fourth-order valence-electron chi connectivity index (χ4n) is 1.82. The quantitative estimate of drug-likeness (QED) is 0.889. The predicted molar refractivity (Wildman–Crippen MR) is 73.0 cm³/mol. The summed E-state index contributed by atoms with van der Waals surface area (Å²) in [5.74, 6) is 1.47. The Labute approximate surface area is 113 Å². The number of benzene rings is 1. The highest BCUT2D eigenvalue weighted by atomic mass is 16.5. The molecule has 1 rings (SSSR count). The largest absolute Gasteiger partial charge is 0.497 e. The summed E-state index contributed by atoms with van der Waals surface area (Å²) < 4.78 is 15.1. The molecule has 0 saturated heterocycles. The highest BCUT2D eigenvalue weighted by molar-refractivity contribution is 5.67. The van der Waals surface area contributed by atoms with Crippen LogP contribution in [0.1, 0.15) is 19.4 Å². The second-order valence-corrected chi connectivity index (χ2v) is 4.80. The van der Waals surface area contributed by atoms with Crippen LogP contribution in [0.2, 0.25) is 0 Å². The lowest BCUT2D eigenvalue weighted by molar-refractivity contribution is 0.168. The standard InChI is InChI=1S/C14H21NO4/c1-14(2,9-15-13(16)19-5)11-7-6-10(17-3)8-12(11)18-4/h6-8H,9H2,1-5H3,(H,15,16). The van der Waals surface area contributed by atoms with Gasteiger partial charge in [-0.25, -0.2) is 4.79 Å². The molecule has 0 aliphatic heterocycles. The molecule has 0 heterocycles. The number of ether oxygens (including phenoxy) is 3. The van der Waals surface area contributed by atoms with Gasteiger partial charge in [0.2, 0.25) is 0 Å². The minimum Gasteiger partial charge on any atom is -0.497 e. The number of hydrogen-bond donors (Lipinski definition) is 1. The maximum Gasteiger partial charge on any atom is 0.406 e. The minimum absolute atomic E-state index is 0.286. The zero-order valence-corrected chi connectivity index (χ0v) is 12.1. The molecule has 0 fully saturated rings. The van der Waals surface area contributed by atoms with E-state index in [1.165, 1.54) is 7.11 Å². The summed E-state index contributed by atoms with van der Waals surface area (Å²) in [5.41, 5.74) is 0.707. The van der Waals surface area contributed by atoms with E-state index < -0.39 is 6.09 Å². The molecule has 0 saturated carbocycles. The Morgan fingerprint density at radius 2 is 1.89 bits per heavy atom. The zero-order valence-electron chi connectivity index (χ0n) is 12.1. The number of rotatable bonds is 5. The minimum atomic E-state index is -0.444. The van der Waals surface area contributed by atoms with E-state index in [1.54, 1.807) is 14.2 Å². The van der Waals surface area contributed by atoms with Crippen molar-refractivity contribution < 1.29 is 19.0 Å². The van der Waals surface area contributed by atoms with Crippen molar-refractivity contribution in [1.29, 1.82) is 0 Å². The van der Waals surface area contributed by atoms with Gasteiger partial charge in [0.15, 0.2) is 0 Å². The van der Waals surface area contributed by atoms with Crippen molar-refractivity contribution in [1.82, 2.24) is 5.32 Å². The highest BCUT2D eigenvalue weighted by Crippen LogP contribution is 2.34. The van der Waals surface area contributed by atoms with Crippen molar-refractivity contribution in [3.8, 4) is 11.5 Å². The smallest absolute Gasteiger partial charge is 0.406 e. The Hall–Kier alpha value is -1.91. The molecule has 106 valence electrons. The van der Waals surface area contributed by atoms with E-state index in [2.05, 4.69) is 10.1 Å². The SMILES string of the molecule is COC(=O)NCC(C)(C)c1ccc(OC)cc1OC. The van der Waals surface area contributed by atoms with E-state index in [0.29, 0.717) is 6.54 Å². The fourth-order valence-corrected chi connectivity index (χ4v) is 1.82.